The van der Waals surface area contributed by atoms with Crippen LogP contribution < -0.4 is 0 Å². The Labute approximate surface area is 110 Å². The van der Waals surface area contributed by atoms with E-state index in [1.54, 1.807) is 0 Å². The molecule has 0 aliphatic carbocycles. The monoisotopic (exact) mass is 267 g/mol. The van der Waals surface area contributed by atoms with Crippen LogP contribution in [0.25, 0.3) is 0 Å². The van der Waals surface area contributed by atoms with Crippen molar-refractivity contribution in [3.63, 3.8) is 0 Å². The van der Waals surface area contributed by atoms with Gasteiger partial charge in [0, 0.05) is 12.1 Å². The van der Waals surface area contributed by atoms with Gasteiger partial charge in [-0.3, -0.25) is 4.79 Å². The highest BCUT2D eigenvalue weighted by Gasteiger charge is 2.43. The van der Waals surface area contributed by atoms with E-state index < -0.39 is 0 Å². The number of aliphatic hydroxyl groups is 1. The molecule has 2 unspecified atom stereocenters. The molecule has 0 aromatic carbocycles. The highest BCUT2D eigenvalue weighted by molar-refractivity contribution is 6.29. The van der Waals surface area contributed by atoms with Crippen molar-refractivity contribution >= 4 is 17.5 Å². The van der Waals surface area contributed by atoms with Gasteiger partial charge in [-0.25, -0.2) is 9.97 Å². The number of carbonyl (C=O) groups is 1. The first-order chi connectivity index (χ1) is 8.65. The lowest BCUT2D eigenvalue weighted by Gasteiger charge is -2.36. The highest BCUT2D eigenvalue weighted by Crippen LogP contribution is 2.36. The summed E-state index contributed by atoms with van der Waals surface area (Å²) in [6, 6.07) is 0.285. The van der Waals surface area contributed by atoms with Gasteiger partial charge in [-0.1, -0.05) is 11.6 Å². The molecule has 18 heavy (non-hydrogen) atoms. The second kappa shape index (κ2) is 4.48. The van der Waals surface area contributed by atoms with Crippen LogP contribution in [0.4, 0.5) is 0 Å². The standard InChI is InChI=1S/C12H14ClN3O2/c13-11-6-14-10(5-15-11)12(18)16-7-1-2-8(16)4-9(17)3-7/h5-9,17H,1-4H2. The second-order valence-corrected chi connectivity index (χ2v) is 5.33. The number of aliphatic hydroxyl groups excluding tert-OH is 1. The third-order valence-corrected chi connectivity index (χ3v) is 3.98. The molecule has 0 radical (unpaired) electrons. The largest absolute Gasteiger partial charge is 0.393 e. The summed E-state index contributed by atoms with van der Waals surface area (Å²) in [7, 11) is 0. The molecule has 2 saturated heterocycles. The molecule has 3 heterocycles. The van der Waals surface area contributed by atoms with E-state index in [2.05, 4.69) is 9.97 Å². The minimum atomic E-state index is -0.275. The zero-order chi connectivity index (χ0) is 12.7. The van der Waals surface area contributed by atoms with Crippen LogP contribution in [0, 0.1) is 0 Å². The van der Waals surface area contributed by atoms with E-state index in [0.717, 1.165) is 12.8 Å². The van der Waals surface area contributed by atoms with Crippen LogP contribution in [0.3, 0.4) is 0 Å². The summed E-state index contributed by atoms with van der Waals surface area (Å²) in [6.07, 6.45) is 5.79. The smallest absolute Gasteiger partial charge is 0.274 e. The summed E-state index contributed by atoms with van der Waals surface area (Å²) in [5.74, 6) is -0.0985. The van der Waals surface area contributed by atoms with Gasteiger partial charge in [0.2, 0.25) is 0 Å². The van der Waals surface area contributed by atoms with Gasteiger partial charge in [-0.15, -0.1) is 0 Å². The minimum absolute atomic E-state index is 0.0985. The Morgan fingerprint density at radius 2 is 1.94 bits per heavy atom. The first-order valence-corrected chi connectivity index (χ1v) is 6.51. The quantitative estimate of drug-likeness (QED) is 0.832. The molecule has 3 rings (SSSR count). The number of piperidine rings is 1. The Hall–Kier alpha value is -1.20. The average molecular weight is 268 g/mol. The molecule has 2 bridgehead atoms. The Kier molecular flexibility index (Phi) is 2.95. The lowest BCUT2D eigenvalue weighted by molar-refractivity contribution is 0.0282. The molecular formula is C12H14ClN3O2. The van der Waals surface area contributed by atoms with Crippen molar-refractivity contribution in [1.82, 2.24) is 14.9 Å². The van der Waals surface area contributed by atoms with Gasteiger partial charge in [0.25, 0.3) is 5.91 Å². The Bertz CT molecular complexity index is 451. The van der Waals surface area contributed by atoms with Gasteiger partial charge < -0.3 is 10.0 Å². The molecule has 1 N–H and O–H groups in total. The Morgan fingerprint density at radius 3 is 2.50 bits per heavy atom. The van der Waals surface area contributed by atoms with E-state index in [4.69, 9.17) is 11.6 Å². The number of carbonyl (C=O) groups excluding carboxylic acids is 1. The molecule has 0 saturated carbocycles. The summed E-state index contributed by atoms with van der Waals surface area (Å²) >= 11 is 5.66. The molecule has 2 aliphatic rings. The summed E-state index contributed by atoms with van der Waals surface area (Å²) < 4.78 is 0. The summed E-state index contributed by atoms with van der Waals surface area (Å²) in [4.78, 5) is 22.2. The number of hydrogen-bond donors (Lipinski definition) is 1. The molecule has 0 spiro atoms. The predicted molar refractivity (Wildman–Crippen MR) is 65.3 cm³/mol. The van der Waals surface area contributed by atoms with Crippen molar-refractivity contribution in [3.8, 4) is 0 Å². The number of aromatic nitrogens is 2. The van der Waals surface area contributed by atoms with E-state index in [-0.39, 0.29) is 29.2 Å². The molecule has 2 atom stereocenters. The molecule has 1 aromatic rings. The minimum Gasteiger partial charge on any atom is -0.393 e. The second-order valence-electron chi connectivity index (χ2n) is 4.95. The zero-order valence-electron chi connectivity index (χ0n) is 9.79. The number of rotatable bonds is 1. The number of fused-ring (bicyclic) bond motifs is 2. The van der Waals surface area contributed by atoms with Crippen LogP contribution >= 0.6 is 11.6 Å². The molecule has 2 fully saturated rings. The van der Waals surface area contributed by atoms with Crippen LogP contribution in [0.1, 0.15) is 36.2 Å². The molecule has 96 valence electrons. The van der Waals surface area contributed by atoms with E-state index in [1.165, 1.54) is 12.4 Å². The molecule has 1 aromatic heterocycles. The van der Waals surface area contributed by atoms with Crippen molar-refractivity contribution in [1.29, 1.82) is 0 Å². The molecule has 2 aliphatic heterocycles. The lowest BCUT2D eigenvalue weighted by atomic mass is 9.99. The third-order valence-electron chi connectivity index (χ3n) is 3.78. The fraction of sp³-hybridized carbons (Fsp3) is 0.583. The molecular weight excluding hydrogens is 254 g/mol. The van der Waals surface area contributed by atoms with E-state index >= 15 is 0 Å². The Morgan fingerprint density at radius 1 is 1.28 bits per heavy atom. The topological polar surface area (TPSA) is 66.3 Å². The maximum absolute atomic E-state index is 12.4. The van der Waals surface area contributed by atoms with Crippen molar-refractivity contribution in [2.45, 2.75) is 43.9 Å². The fourth-order valence-corrected chi connectivity index (χ4v) is 3.13. The summed E-state index contributed by atoms with van der Waals surface area (Å²) in [5, 5.41) is 9.99. The van der Waals surface area contributed by atoms with E-state index in [1.807, 2.05) is 4.90 Å². The SMILES string of the molecule is O=C(c1cnc(Cl)cn1)N1C2CCC1CC(O)C2. The van der Waals surface area contributed by atoms with Gasteiger partial charge in [-0.05, 0) is 25.7 Å². The molecule has 5 nitrogen and oxygen atoms in total. The van der Waals surface area contributed by atoms with Crippen LogP contribution in [0.2, 0.25) is 5.15 Å². The fourth-order valence-electron chi connectivity index (χ4n) is 3.03. The van der Waals surface area contributed by atoms with Gasteiger partial charge in [-0.2, -0.15) is 0 Å². The van der Waals surface area contributed by atoms with E-state index in [0.29, 0.717) is 18.5 Å². The maximum atomic E-state index is 12.4. The van der Waals surface area contributed by atoms with Crippen molar-refractivity contribution < 1.29 is 9.90 Å². The van der Waals surface area contributed by atoms with Crippen LogP contribution in [0.15, 0.2) is 12.4 Å². The van der Waals surface area contributed by atoms with Gasteiger partial charge in [0.05, 0.1) is 18.5 Å². The first kappa shape index (κ1) is 11.9. The van der Waals surface area contributed by atoms with Crippen LogP contribution in [-0.2, 0) is 0 Å². The average Bonchev–Trinajstić information content (AvgIpc) is 2.62. The predicted octanol–water partition coefficient (Wildman–Crippen LogP) is 1.26. The van der Waals surface area contributed by atoms with Gasteiger partial charge in [0.15, 0.2) is 0 Å². The normalized spacial score (nSPS) is 30.6. The number of amides is 1. The van der Waals surface area contributed by atoms with Crippen molar-refractivity contribution in [2.24, 2.45) is 0 Å². The van der Waals surface area contributed by atoms with Gasteiger partial charge >= 0.3 is 0 Å². The molecule has 6 heteroatoms. The lowest BCUT2D eigenvalue weighted by Crippen LogP contribution is -2.48. The maximum Gasteiger partial charge on any atom is 0.274 e. The zero-order valence-corrected chi connectivity index (χ0v) is 10.5. The Balaban J connectivity index is 1.83. The van der Waals surface area contributed by atoms with Crippen LogP contribution in [-0.4, -0.2) is 44.1 Å². The number of nitrogens with zero attached hydrogens (tertiary/aromatic N) is 3. The van der Waals surface area contributed by atoms with Gasteiger partial charge in [0.1, 0.15) is 10.8 Å². The van der Waals surface area contributed by atoms with Crippen molar-refractivity contribution in [3.05, 3.63) is 23.2 Å². The molecule has 1 amide bonds. The first-order valence-electron chi connectivity index (χ1n) is 6.13. The third kappa shape index (κ3) is 1.97. The number of hydrogen-bond acceptors (Lipinski definition) is 4. The number of halogens is 1. The van der Waals surface area contributed by atoms with E-state index in [9.17, 15) is 9.90 Å². The highest BCUT2D eigenvalue weighted by atomic mass is 35.5. The van der Waals surface area contributed by atoms with Crippen LogP contribution in [0.5, 0.6) is 0 Å². The van der Waals surface area contributed by atoms with Crippen molar-refractivity contribution in [2.75, 3.05) is 0 Å². The summed E-state index contributed by atoms with van der Waals surface area (Å²) in [5.41, 5.74) is 0.327. The summed E-state index contributed by atoms with van der Waals surface area (Å²) in [6.45, 7) is 0.